The maximum absolute atomic E-state index is 13.0. The second kappa shape index (κ2) is 10.7. The first-order valence-corrected chi connectivity index (χ1v) is 11.2. The number of sulfonamides is 1. The highest BCUT2D eigenvalue weighted by atomic mass is 32.2. The first-order chi connectivity index (χ1) is 15.4. The number of nitrogens with one attached hydrogen (secondary N) is 1. The van der Waals surface area contributed by atoms with Gasteiger partial charge in [0.05, 0.1) is 33.6 Å². The van der Waals surface area contributed by atoms with Gasteiger partial charge in [0.2, 0.25) is 15.9 Å². The van der Waals surface area contributed by atoms with Crippen molar-refractivity contribution in [2.45, 2.75) is 6.54 Å². The quantitative estimate of drug-likeness (QED) is 0.499. The molecule has 168 valence electrons. The Labute approximate surface area is 187 Å². The number of amides is 1. The molecule has 0 unspecified atom stereocenters. The molecule has 0 atom stereocenters. The lowest BCUT2D eigenvalue weighted by molar-refractivity contribution is -0.116. The van der Waals surface area contributed by atoms with Gasteiger partial charge in [-0.25, -0.2) is 8.42 Å². The van der Waals surface area contributed by atoms with Gasteiger partial charge in [0.15, 0.2) is 11.5 Å². The zero-order chi connectivity index (χ0) is 23.0. The Morgan fingerprint density at radius 1 is 1.03 bits per heavy atom. The highest BCUT2D eigenvalue weighted by molar-refractivity contribution is 7.92. The van der Waals surface area contributed by atoms with Crippen molar-refractivity contribution < 1.29 is 27.1 Å². The van der Waals surface area contributed by atoms with E-state index >= 15 is 0 Å². The Kier molecular flexibility index (Phi) is 7.69. The average Bonchev–Trinajstić information content (AvgIpc) is 3.31. The fraction of sp³-hybridized carbons (Fsp3) is 0.174. The van der Waals surface area contributed by atoms with Gasteiger partial charge in [-0.15, -0.1) is 0 Å². The van der Waals surface area contributed by atoms with Crippen LogP contribution in [-0.4, -0.2) is 39.4 Å². The number of rotatable bonds is 10. The van der Waals surface area contributed by atoms with Gasteiger partial charge in [-0.05, 0) is 35.9 Å². The molecule has 1 amide bonds. The molecule has 1 heterocycles. The summed E-state index contributed by atoms with van der Waals surface area (Å²) in [7, 11) is -0.924. The topological polar surface area (TPSA) is 98.1 Å². The zero-order valence-corrected chi connectivity index (χ0v) is 18.5. The number of furan rings is 1. The van der Waals surface area contributed by atoms with Gasteiger partial charge in [-0.2, -0.15) is 4.31 Å². The van der Waals surface area contributed by atoms with E-state index in [0.29, 0.717) is 22.9 Å². The number of benzene rings is 2. The Bertz CT molecular complexity index is 1160. The third kappa shape index (κ3) is 6.22. The van der Waals surface area contributed by atoms with Crippen molar-refractivity contribution in [3.8, 4) is 11.5 Å². The summed E-state index contributed by atoms with van der Waals surface area (Å²) in [5.74, 6) is 0.857. The van der Waals surface area contributed by atoms with Crippen molar-refractivity contribution >= 4 is 27.7 Å². The first kappa shape index (κ1) is 23.1. The van der Waals surface area contributed by atoms with E-state index in [9.17, 15) is 13.2 Å². The number of carbonyl (C=O) groups is 1. The van der Waals surface area contributed by atoms with Gasteiger partial charge >= 0.3 is 0 Å². The molecular weight excluding hydrogens is 432 g/mol. The smallest absolute Gasteiger partial charge is 0.239 e. The summed E-state index contributed by atoms with van der Waals surface area (Å²) in [5.41, 5.74) is 1.17. The van der Waals surface area contributed by atoms with Crippen molar-refractivity contribution in [2.75, 3.05) is 26.1 Å². The standard InChI is InChI=1S/C23H24N2O6S/c1-29-21-11-10-19(15-22(21)30-2)24-23(26)17-25(16-20-9-6-13-31-20)32(27,28)14-12-18-7-4-3-5-8-18/h3-15H,16-17H2,1-2H3,(H,24,26)/b14-12+. The van der Waals surface area contributed by atoms with Gasteiger partial charge in [-0.3, -0.25) is 4.79 Å². The van der Waals surface area contributed by atoms with Crippen molar-refractivity contribution in [1.29, 1.82) is 0 Å². The third-order valence-electron chi connectivity index (χ3n) is 4.49. The largest absolute Gasteiger partial charge is 0.493 e. The molecule has 0 aliphatic heterocycles. The van der Waals surface area contributed by atoms with Crippen LogP contribution in [0.3, 0.4) is 0 Å². The minimum Gasteiger partial charge on any atom is -0.493 e. The normalized spacial score (nSPS) is 11.6. The molecule has 0 spiro atoms. The fourth-order valence-electron chi connectivity index (χ4n) is 2.90. The Morgan fingerprint density at radius 3 is 2.44 bits per heavy atom. The Morgan fingerprint density at radius 2 is 1.78 bits per heavy atom. The SMILES string of the molecule is COc1ccc(NC(=O)CN(Cc2ccco2)S(=O)(=O)/C=C/c2ccccc2)cc1OC. The van der Waals surface area contributed by atoms with Crippen molar-refractivity contribution in [3.63, 3.8) is 0 Å². The highest BCUT2D eigenvalue weighted by Gasteiger charge is 2.24. The van der Waals surface area contributed by atoms with Crippen LogP contribution < -0.4 is 14.8 Å². The van der Waals surface area contributed by atoms with Gasteiger partial charge < -0.3 is 19.2 Å². The first-order valence-electron chi connectivity index (χ1n) is 9.69. The van der Waals surface area contributed by atoms with Crippen LogP contribution in [0.25, 0.3) is 6.08 Å². The second-order valence-corrected chi connectivity index (χ2v) is 8.54. The molecule has 1 aromatic heterocycles. The average molecular weight is 457 g/mol. The van der Waals surface area contributed by atoms with E-state index in [1.807, 2.05) is 18.2 Å². The Balaban J connectivity index is 1.78. The maximum atomic E-state index is 13.0. The third-order valence-corrected chi connectivity index (χ3v) is 5.95. The Hall–Kier alpha value is -3.56. The molecule has 9 heteroatoms. The summed E-state index contributed by atoms with van der Waals surface area (Å²) >= 11 is 0. The molecule has 0 bridgehead atoms. The fourth-order valence-corrected chi connectivity index (χ4v) is 4.01. The summed E-state index contributed by atoms with van der Waals surface area (Å²) in [5, 5.41) is 3.77. The van der Waals surface area contributed by atoms with Crippen molar-refractivity contribution in [2.24, 2.45) is 0 Å². The highest BCUT2D eigenvalue weighted by Crippen LogP contribution is 2.29. The lowest BCUT2D eigenvalue weighted by atomic mass is 10.2. The molecule has 8 nitrogen and oxygen atoms in total. The number of hydrogen-bond donors (Lipinski definition) is 1. The van der Waals surface area contributed by atoms with Crippen LogP contribution >= 0.6 is 0 Å². The predicted octanol–water partition coefficient (Wildman–Crippen LogP) is 3.74. The molecule has 0 aliphatic rings. The molecule has 0 saturated carbocycles. The van der Waals surface area contributed by atoms with Gasteiger partial charge in [-0.1, -0.05) is 30.3 Å². The number of carbonyl (C=O) groups excluding carboxylic acids is 1. The van der Waals surface area contributed by atoms with E-state index in [2.05, 4.69) is 5.32 Å². The van der Waals surface area contributed by atoms with Crippen LogP contribution in [0, 0.1) is 0 Å². The molecule has 3 rings (SSSR count). The van der Waals surface area contributed by atoms with Gasteiger partial charge in [0.25, 0.3) is 0 Å². The molecular formula is C23H24N2O6S. The molecule has 0 saturated heterocycles. The van der Waals surface area contributed by atoms with Crippen LogP contribution in [0.4, 0.5) is 5.69 Å². The number of methoxy groups -OCH3 is 2. The maximum Gasteiger partial charge on any atom is 0.239 e. The molecule has 32 heavy (non-hydrogen) atoms. The van der Waals surface area contributed by atoms with Crippen molar-refractivity contribution in [1.82, 2.24) is 4.31 Å². The minimum absolute atomic E-state index is 0.0895. The molecule has 3 aromatic rings. The van der Waals surface area contributed by atoms with Crippen LogP contribution in [-0.2, 0) is 21.4 Å². The zero-order valence-electron chi connectivity index (χ0n) is 17.7. The monoisotopic (exact) mass is 456 g/mol. The lowest BCUT2D eigenvalue weighted by Gasteiger charge is -2.19. The summed E-state index contributed by atoms with van der Waals surface area (Å²) in [6.45, 7) is -0.496. The molecule has 2 aromatic carbocycles. The summed E-state index contributed by atoms with van der Waals surface area (Å²) in [6.07, 6.45) is 2.93. The van der Waals surface area contributed by atoms with Crippen LogP contribution in [0.2, 0.25) is 0 Å². The summed E-state index contributed by atoms with van der Waals surface area (Å²) in [6, 6.07) is 17.2. The van der Waals surface area contributed by atoms with Gasteiger partial charge in [0.1, 0.15) is 5.76 Å². The minimum atomic E-state index is -3.92. The summed E-state index contributed by atoms with van der Waals surface area (Å²) < 4.78 is 42.7. The molecule has 0 fully saturated rings. The second-order valence-electron chi connectivity index (χ2n) is 6.72. The van der Waals surface area contributed by atoms with E-state index in [4.69, 9.17) is 13.9 Å². The molecule has 0 radical (unpaired) electrons. The number of ether oxygens (including phenoxy) is 2. The van der Waals surface area contributed by atoms with E-state index in [1.165, 1.54) is 26.6 Å². The number of hydrogen-bond acceptors (Lipinski definition) is 6. The summed E-state index contributed by atoms with van der Waals surface area (Å²) in [4.78, 5) is 12.7. The molecule has 1 N–H and O–H groups in total. The van der Waals surface area contributed by atoms with E-state index in [0.717, 1.165) is 15.3 Å². The molecule has 0 aliphatic carbocycles. The van der Waals surface area contributed by atoms with E-state index in [-0.39, 0.29) is 6.54 Å². The lowest BCUT2D eigenvalue weighted by Crippen LogP contribution is -2.36. The van der Waals surface area contributed by atoms with Crippen LogP contribution in [0.1, 0.15) is 11.3 Å². The van der Waals surface area contributed by atoms with Crippen molar-refractivity contribution in [3.05, 3.63) is 83.7 Å². The van der Waals surface area contributed by atoms with Crippen LogP contribution in [0.15, 0.2) is 76.8 Å². The number of nitrogens with zero attached hydrogens (tertiary/aromatic N) is 1. The predicted molar refractivity (Wildman–Crippen MR) is 122 cm³/mol. The number of anilines is 1. The van der Waals surface area contributed by atoms with Crippen LogP contribution in [0.5, 0.6) is 11.5 Å². The van der Waals surface area contributed by atoms with E-state index in [1.54, 1.807) is 42.5 Å². The van der Waals surface area contributed by atoms with Gasteiger partial charge in [0, 0.05) is 17.2 Å². The van der Waals surface area contributed by atoms with E-state index < -0.39 is 22.5 Å².